The van der Waals surface area contributed by atoms with Crippen LogP contribution in [0.1, 0.15) is 39.7 Å². The number of nitrogens with zero attached hydrogens (tertiary/aromatic N) is 7. The molecule has 2 fully saturated rings. The van der Waals surface area contributed by atoms with Crippen LogP contribution in [0.2, 0.25) is 0 Å². The Labute approximate surface area is 169 Å². The van der Waals surface area contributed by atoms with E-state index in [1.165, 1.54) is 0 Å². The van der Waals surface area contributed by atoms with Crippen molar-refractivity contribution in [2.75, 3.05) is 23.7 Å². The molecule has 0 spiro atoms. The van der Waals surface area contributed by atoms with Gasteiger partial charge in [0.15, 0.2) is 5.65 Å². The second kappa shape index (κ2) is 6.91. The molecule has 2 N–H and O–H groups in total. The minimum atomic E-state index is 0.257. The molecule has 0 radical (unpaired) electrons. The Hall–Kier alpha value is -2.81. The molecule has 3 atom stereocenters. The average molecular weight is 394 g/mol. The fourth-order valence-corrected chi connectivity index (χ4v) is 4.08. The van der Waals surface area contributed by atoms with Gasteiger partial charge in [0.1, 0.15) is 22.7 Å². The third-order valence-corrected chi connectivity index (χ3v) is 6.05. The van der Waals surface area contributed by atoms with E-state index in [2.05, 4.69) is 45.2 Å². The largest absolute Gasteiger partial charge is 0.382 e. The Morgan fingerprint density at radius 2 is 1.79 bits per heavy atom. The lowest BCUT2D eigenvalue weighted by atomic mass is 10.1. The molecule has 2 bridgehead atoms. The van der Waals surface area contributed by atoms with Gasteiger partial charge in [-0.15, -0.1) is 0 Å². The zero-order valence-corrected chi connectivity index (χ0v) is 17.0. The van der Waals surface area contributed by atoms with Crippen molar-refractivity contribution >= 4 is 22.9 Å². The lowest BCUT2D eigenvalue weighted by molar-refractivity contribution is 0.0299. The molecule has 3 unspecified atom stereocenters. The Kier molecular flexibility index (Phi) is 4.34. The maximum atomic E-state index is 5.99. The molecule has 9 heteroatoms. The predicted octanol–water partition coefficient (Wildman–Crippen LogP) is 2.45. The van der Waals surface area contributed by atoms with Crippen molar-refractivity contribution in [1.29, 1.82) is 0 Å². The quantitative estimate of drug-likeness (QED) is 0.719. The first-order chi connectivity index (χ1) is 14.0. The first-order valence-corrected chi connectivity index (χ1v) is 10.2. The fraction of sp³-hybridized carbons (Fsp3) is 0.550. The third-order valence-electron chi connectivity index (χ3n) is 6.05. The van der Waals surface area contributed by atoms with E-state index >= 15 is 0 Å². The summed E-state index contributed by atoms with van der Waals surface area (Å²) < 4.78 is 8.13. The maximum absolute atomic E-state index is 5.99. The van der Waals surface area contributed by atoms with E-state index in [-0.39, 0.29) is 18.2 Å². The number of imidazole rings is 1. The lowest BCUT2D eigenvalue weighted by Gasteiger charge is -2.32. The number of anilines is 2. The van der Waals surface area contributed by atoms with E-state index in [9.17, 15) is 0 Å². The van der Waals surface area contributed by atoms with Gasteiger partial charge in [-0.1, -0.05) is 13.8 Å². The molecule has 3 aromatic rings. The van der Waals surface area contributed by atoms with Crippen molar-refractivity contribution < 1.29 is 4.74 Å². The van der Waals surface area contributed by atoms with Crippen LogP contribution < -0.4 is 10.6 Å². The highest BCUT2D eigenvalue weighted by molar-refractivity contribution is 5.87. The van der Waals surface area contributed by atoms with Crippen molar-refractivity contribution in [2.45, 2.75) is 51.9 Å². The van der Waals surface area contributed by atoms with Crippen LogP contribution >= 0.6 is 0 Å². The molecule has 3 aromatic heterocycles. The second-order valence-corrected chi connectivity index (χ2v) is 8.37. The van der Waals surface area contributed by atoms with Crippen LogP contribution in [0.4, 0.5) is 11.8 Å². The van der Waals surface area contributed by atoms with E-state index in [1.807, 2.05) is 6.33 Å². The molecule has 0 amide bonds. The highest BCUT2D eigenvalue weighted by atomic mass is 16.5. The Balaban J connectivity index is 1.66. The van der Waals surface area contributed by atoms with Crippen molar-refractivity contribution in [1.82, 2.24) is 29.5 Å². The van der Waals surface area contributed by atoms with Crippen molar-refractivity contribution in [3.8, 4) is 11.4 Å². The number of morpholine rings is 1. The van der Waals surface area contributed by atoms with Gasteiger partial charge in [-0.05, 0) is 25.7 Å². The molecule has 2 aliphatic rings. The number of ether oxygens (including phenoxy) is 1. The van der Waals surface area contributed by atoms with E-state index < -0.39 is 0 Å². The van der Waals surface area contributed by atoms with Crippen LogP contribution in [-0.4, -0.2) is 54.8 Å². The highest BCUT2D eigenvalue weighted by Crippen LogP contribution is 2.32. The van der Waals surface area contributed by atoms with Gasteiger partial charge in [-0.3, -0.25) is 0 Å². The summed E-state index contributed by atoms with van der Waals surface area (Å²) in [6.45, 7) is 8.20. The van der Waals surface area contributed by atoms with Crippen LogP contribution in [0, 0.1) is 5.92 Å². The van der Waals surface area contributed by atoms with Crippen LogP contribution in [-0.2, 0) is 4.74 Å². The number of nitrogens with two attached hydrogens (primary N) is 1. The molecule has 2 aliphatic heterocycles. The number of hydrogen-bond donors (Lipinski definition) is 1. The summed E-state index contributed by atoms with van der Waals surface area (Å²) in [5.41, 5.74) is 8.62. The monoisotopic (exact) mass is 394 g/mol. The maximum Gasteiger partial charge on any atom is 0.228 e. The summed E-state index contributed by atoms with van der Waals surface area (Å²) in [6, 6.07) is 0.258. The number of fused-ring (bicyclic) bond motifs is 3. The molecule has 5 rings (SSSR count). The summed E-state index contributed by atoms with van der Waals surface area (Å²) in [6.07, 6.45) is 7.76. The molecule has 2 saturated heterocycles. The standard InChI is InChI=1S/C20H26N8O/c1-11(2)12(3)28-10-24-18-17(15-6-23-16(21)7-22-15)25-20(26-19(18)28)27-8-13-4-5-14(9-27)29-13/h6-7,10-14H,4-5,8-9H2,1-3H3,(H2,21,23). The van der Waals surface area contributed by atoms with E-state index in [0.29, 0.717) is 29.1 Å². The zero-order chi connectivity index (χ0) is 20.1. The number of rotatable bonds is 4. The average Bonchev–Trinajstić information content (AvgIpc) is 3.29. The molecular formula is C20H26N8O. The van der Waals surface area contributed by atoms with Crippen molar-refractivity contribution in [3.05, 3.63) is 18.7 Å². The first kappa shape index (κ1) is 18.2. The number of aromatic nitrogens is 6. The molecule has 0 aromatic carbocycles. The topological polar surface area (TPSA) is 108 Å². The van der Waals surface area contributed by atoms with E-state index in [4.69, 9.17) is 20.4 Å². The minimum Gasteiger partial charge on any atom is -0.382 e. The molecule has 5 heterocycles. The number of hydrogen-bond acceptors (Lipinski definition) is 8. The number of nitrogen functional groups attached to an aromatic ring is 1. The third kappa shape index (κ3) is 3.19. The minimum absolute atomic E-state index is 0.257. The van der Waals surface area contributed by atoms with E-state index in [1.54, 1.807) is 12.4 Å². The Morgan fingerprint density at radius 3 is 2.45 bits per heavy atom. The van der Waals surface area contributed by atoms with Gasteiger partial charge >= 0.3 is 0 Å². The molecular weight excluding hydrogens is 368 g/mol. The summed E-state index contributed by atoms with van der Waals surface area (Å²) >= 11 is 0. The zero-order valence-electron chi connectivity index (χ0n) is 17.0. The summed E-state index contributed by atoms with van der Waals surface area (Å²) in [5, 5.41) is 0. The van der Waals surface area contributed by atoms with Gasteiger partial charge in [0.2, 0.25) is 5.95 Å². The molecule has 0 aliphatic carbocycles. The molecule has 9 nitrogen and oxygen atoms in total. The summed E-state index contributed by atoms with van der Waals surface area (Å²) in [4.78, 5) is 25.3. The summed E-state index contributed by atoms with van der Waals surface area (Å²) in [7, 11) is 0. The molecule has 0 saturated carbocycles. The Bertz CT molecular complexity index is 1020. The SMILES string of the molecule is CC(C)C(C)n1cnc2c(-c3cnc(N)cn3)nc(N3CC4CCC(C3)O4)nc21. The lowest BCUT2D eigenvalue weighted by Crippen LogP contribution is -2.43. The molecule has 152 valence electrons. The van der Waals surface area contributed by atoms with Gasteiger partial charge < -0.3 is 19.9 Å². The van der Waals surface area contributed by atoms with Gasteiger partial charge in [-0.25, -0.2) is 19.9 Å². The predicted molar refractivity (Wildman–Crippen MR) is 110 cm³/mol. The second-order valence-electron chi connectivity index (χ2n) is 8.37. The smallest absolute Gasteiger partial charge is 0.228 e. The van der Waals surface area contributed by atoms with Gasteiger partial charge in [-0.2, -0.15) is 4.98 Å². The van der Waals surface area contributed by atoms with Crippen LogP contribution in [0.5, 0.6) is 0 Å². The normalized spacial score (nSPS) is 22.6. The first-order valence-electron chi connectivity index (χ1n) is 10.2. The Morgan fingerprint density at radius 1 is 1.03 bits per heavy atom. The van der Waals surface area contributed by atoms with Crippen molar-refractivity contribution in [3.63, 3.8) is 0 Å². The van der Waals surface area contributed by atoms with E-state index in [0.717, 1.165) is 37.1 Å². The van der Waals surface area contributed by atoms with Gasteiger partial charge in [0, 0.05) is 19.1 Å². The van der Waals surface area contributed by atoms with Crippen LogP contribution in [0.25, 0.3) is 22.6 Å². The van der Waals surface area contributed by atoms with Crippen LogP contribution in [0.15, 0.2) is 18.7 Å². The highest BCUT2D eigenvalue weighted by Gasteiger charge is 2.35. The van der Waals surface area contributed by atoms with Crippen molar-refractivity contribution in [2.24, 2.45) is 5.92 Å². The van der Waals surface area contributed by atoms with Gasteiger partial charge in [0.05, 0.1) is 30.9 Å². The molecule has 29 heavy (non-hydrogen) atoms. The summed E-state index contributed by atoms with van der Waals surface area (Å²) in [5.74, 6) is 1.52. The van der Waals surface area contributed by atoms with Gasteiger partial charge in [0.25, 0.3) is 0 Å². The van der Waals surface area contributed by atoms with Crippen LogP contribution in [0.3, 0.4) is 0 Å². The fourth-order valence-electron chi connectivity index (χ4n) is 4.08.